The molecule has 0 aliphatic carbocycles. The lowest BCUT2D eigenvalue weighted by Gasteiger charge is -2.24. The number of hydrogen-bond donors (Lipinski definition) is 0. The van der Waals surface area contributed by atoms with Crippen molar-refractivity contribution in [1.29, 1.82) is 0 Å². The Morgan fingerprint density at radius 2 is 1.80 bits per heavy atom. The van der Waals surface area contributed by atoms with Crippen LogP contribution in [0.1, 0.15) is 0 Å². The van der Waals surface area contributed by atoms with Gasteiger partial charge in [0.15, 0.2) is 0 Å². The first-order chi connectivity index (χ1) is 11.8. The minimum atomic E-state index is -4.15. The predicted octanol–water partition coefficient (Wildman–Crippen LogP) is 2.86. The van der Waals surface area contributed by atoms with Crippen LogP contribution in [0.25, 0.3) is 0 Å². The Labute approximate surface area is 149 Å². The van der Waals surface area contributed by atoms with Gasteiger partial charge in [-0.05, 0) is 42.5 Å². The van der Waals surface area contributed by atoms with Gasteiger partial charge in [-0.15, -0.1) is 0 Å². The molecule has 0 fully saturated rings. The van der Waals surface area contributed by atoms with Gasteiger partial charge < -0.3 is 9.47 Å². The first kappa shape index (κ1) is 19.0. The fraction of sp³-hybridized carbons (Fsp3) is 0.188. The Balaban J connectivity index is 2.53. The molecule has 2 aromatic carbocycles. The smallest absolute Gasteiger partial charge is 0.326 e. The molecule has 0 amide bonds. The molecule has 0 bridgehead atoms. The van der Waals surface area contributed by atoms with Gasteiger partial charge in [0.1, 0.15) is 18.1 Å². The number of sulfonamides is 1. The number of esters is 1. The van der Waals surface area contributed by atoms with Gasteiger partial charge in [-0.1, -0.05) is 11.6 Å². The highest BCUT2D eigenvalue weighted by atomic mass is 35.5. The van der Waals surface area contributed by atoms with Crippen molar-refractivity contribution < 1.29 is 27.1 Å². The highest BCUT2D eigenvalue weighted by molar-refractivity contribution is 7.92. The Morgan fingerprint density at radius 1 is 1.16 bits per heavy atom. The number of benzene rings is 2. The summed E-state index contributed by atoms with van der Waals surface area (Å²) in [4.78, 5) is 11.5. The van der Waals surface area contributed by atoms with E-state index in [0.29, 0.717) is 5.75 Å². The largest absolute Gasteiger partial charge is 0.495 e. The zero-order valence-electron chi connectivity index (χ0n) is 13.4. The molecule has 0 saturated carbocycles. The Morgan fingerprint density at radius 3 is 2.32 bits per heavy atom. The molecule has 0 atom stereocenters. The van der Waals surface area contributed by atoms with Gasteiger partial charge in [0.25, 0.3) is 10.0 Å². The molecule has 0 heterocycles. The molecular weight excluding hydrogens is 373 g/mol. The van der Waals surface area contributed by atoms with Crippen LogP contribution in [-0.2, 0) is 19.6 Å². The average molecular weight is 388 g/mol. The topological polar surface area (TPSA) is 72.9 Å². The summed E-state index contributed by atoms with van der Waals surface area (Å²) in [6.07, 6.45) is 0. The van der Waals surface area contributed by atoms with Crippen molar-refractivity contribution in [1.82, 2.24) is 0 Å². The molecule has 2 aromatic rings. The highest BCUT2D eigenvalue weighted by Gasteiger charge is 2.28. The molecule has 134 valence electrons. The van der Waals surface area contributed by atoms with Crippen LogP contribution in [0.5, 0.6) is 5.75 Å². The van der Waals surface area contributed by atoms with E-state index in [1.165, 1.54) is 25.3 Å². The summed E-state index contributed by atoms with van der Waals surface area (Å²) in [5, 5.41) is 0.171. The summed E-state index contributed by atoms with van der Waals surface area (Å²) in [5.74, 6) is -0.994. The van der Waals surface area contributed by atoms with Crippen molar-refractivity contribution in [3.8, 4) is 5.75 Å². The molecule has 0 radical (unpaired) electrons. The summed E-state index contributed by atoms with van der Waals surface area (Å²) in [7, 11) is -1.58. The van der Waals surface area contributed by atoms with Gasteiger partial charge in [-0.25, -0.2) is 12.8 Å². The molecule has 25 heavy (non-hydrogen) atoms. The summed E-state index contributed by atoms with van der Waals surface area (Å²) in [6.45, 7) is -0.571. The summed E-state index contributed by atoms with van der Waals surface area (Å²) in [6, 6.07) is 8.52. The van der Waals surface area contributed by atoms with Crippen molar-refractivity contribution in [2.24, 2.45) is 0 Å². The van der Waals surface area contributed by atoms with Crippen molar-refractivity contribution in [2.75, 3.05) is 25.1 Å². The molecule has 6 nitrogen and oxygen atoms in total. The van der Waals surface area contributed by atoms with E-state index >= 15 is 0 Å². The van der Waals surface area contributed by atoms with Crippen LogP contribution in [0.3, 0.4) is 0 Å². The lowest BCUT2D eigenvalue weighted by Crippen LogP contribution is -2.36. The van der Waals surface area contributed by atoms with Crippen LogP contribution in [0.2, 0.25) is 5.02 Å². The van der Waals surface area contributed by atoms with Gasteiger partial charge in [0, 0.05) is 0 Å². The number of ether oxygens (including phenoxy) is 2. The number of carbonyl (C=O) groups is 1. The number of hydrogen-bond acceptors (Lipinski definition) is 5. The van der Waals surface area contributed by atoms with E-state index < -0.39 is 28.4 Å². The van der Waals surface area contributed by atoms with E-state index in [1.807, 2.05) is 0 Å². The van der Waals surface area contributed by atoms with Crippen molar-refractivity contribution in [3.05, 3.63) is 53.3 Å². The molecule has 0 unspecified atom stereocenters. The molecular formula is C16H15ClFNO5S. The van der Waals surface area contributed by atoms with Crippen molar-refractivity contribution >= 4 is 33.3 Å². The Hall–Kier alpha value is -2.32. The number of halogens is 2. The maximum Gasteiger partial charge on any atom is 0.326 e. The fourth-order valence-corrected chi connectivity index (χ4v) is 3.69. The SMILES string of the molecule is COC(=O)CN(c1ccc(OC)c(Cl)c1)S(=O)(=O)c1ccc(F)cc1. The van der Waals surface area contributed by atoms with Gasteiger partial charge >= 0.3 is 5.97 Å². The van der Waals surface area contributed by atoms with E-state index in [0.717, 1.165) is 35.7 Å². The van der Waals surface area contributed by atoms with E-state index in [-0.39, 0.29) is 15.6 Å². The third-order valence-corrected chi connectivity index (χ3v) is 5.41. The monoisotopic (exact) mass is 387 g/mol. The van der Waals surface area contributed by atoms with Gasteiger partial charge in [0.05, 0.1) is 29.8 Å². The van der Waals surface area contributed by atoms with Crippen LogP contribution < -0.4 is 9.04 Å². The van der Waals surface area contributed by atoms with Crippen molar-refractivity contribution in [2.45, 2.75) is 4.90 Å². The summed E-state index contributed by atoms with van der Waals surface area (Å²) < 4.78 is 49.3. The van der Waals surface area contributed by atoms with Gasteiger partial charge in [-0.3, -0.25) is 9.10 Å². The molecule has 0 saturated heterocycles. The van der Waals surface area contributed by atoms with Gasteiger partial charge in [-0.2, -0.15) is 0 Å². The third kappa shape index (κ3) is 4.21. The minimum Gasteiger partial charge on any atom is -0.495 e. The second-order valence-corrected chi connectivity index (χ2v) is 7.13. The molecule has 0 aliphatic heterocycles. The number of anilines is 1. The molecule has 9 heteroatoms. The van der Waals surface area contributed by atoms with Crippen LogP contribution in [0.15, 0.2) is 47.4 Å². The van der Waals surface area contributed by atoms with Gasteiger partial charge in [0.2, 0.25) is 0 Å². The highest BCUT2D eigenvalue weighted by Crippen LogP contribution is 2.31. The first-order valence-corrected chi connectivity index (χ1v) is 8.80. The fourth-order valence-electron chi connectivity index (χ4n) is 2.04. The zero-order valence-corrected chi connectivity index (χ0v) is 15.0. The zero-order chi connectivity index (χ0) is 18.6. The summed E-state index contributed by atoms with van der Waals surface area (Å²) in [5.41, 5.74) is 0.139. The quantitative estimate of drug-likeness (QED) is 0.712. The molecule has 0 aromatic heterocycles. The Kier molecular flexibility index (Phi) is 5.86. The number of carbonyl (C=O) groups excluding carboxylic acids is 1. The number of nitrogens with zero attached hydrogens (tertiary/aromatic N) is 1. The van der Waals surface area contributed by atoms with Crippen LogP contribution in [0, 0.1) is 5.82 Å². The van der Waals surface area contributed by atoms with E-state index in [1.54, 1.807) is 0 Å². The Bertz CT molecular complexity index is 871. The van der Waals surface area contributed by atoms with Crippen LogP contribution in [-0.4, -0.2) is 35.2 Å². The molecule has 0 spiro atoms. The summed E-state index contributed by atoms with van der Waals surface area (Å²) >= 11 is 6.05. The number of methoxy groups -OCH3 is 2. The van der Waals surface area contributed by atoms with Crippen LogP contribution in [0.4, 0.5) is 10.1 Å². The normalized spacial score (nSPS) is 11.0. The molecule has 0 aliphatic rings. The second-order valence-electron chi connectivity index (χ2n) is 4.86. The van der Waals surface area contributed by atoms with Crippen molar-refractivity contribution in [3.63, 3.8) is 0 Å². The molecule has 0 N–H and O–H groups in total. The lowest BCUT2D eigenvalue weighted by atomic mass is 10.3. The predicted molar refractivity (Wildman–Crippen MR) is 91.0 cm³/mol. The first-order valence-electron chi connectivity index (χ1n) is 6.98. The minimum absolute atomic E-state index is 0.139. The standard InChI is InChI=1S/C16H15ClFNO5S/c1-23-15-8-5-12(9-14(15)17)19(10-16(20)24-2)25(21,22)13-6-3-11(18)4-7-13/h3-9H,10H2,1-2H3. The van der Waals surface area contributed by atoms with E-state index in [9.17, 15) is 17.6 Å². The van der Waals surface area contributed by atoms with E-state index in [4.69, 9.17) is 16.3 Å². The second kappa shape index (κ2) is 7.71. The number of rotatable bonds is 6. The lowest BCUT2D eigenvalue weighted by molar-refractivity contribution is -0.138. The maximum absolute atomic E-state index is 13.1. The molecule has 2 rings (SSSR count). The van der Waals surface area contributed by atoms with E-state index in [2.05, 4.69) is 4.74 Å². The van der Waals surface area contributed by atoms with Crippen LogP contribution >= 0.6 is 11.6 Å². The third-order valence-electron chi connectivity index (χ3n) is 3.33. The maximum atomic E-state index is 13.1. The average Bonchev–Trinajstić information content (AvgIpc) is 2.59.